The van der Waals surface area contributed by atoms with E-state index in [-0.39, 0.29) is 0 Å². The van der Waals surface area contributed by atoms with E-state index in [1.54, 1.807) is 11.8 Å². The predicted molar refractivity (Wildman–Crippen MR) is 90.4 cm³/mol. The van der Waals surface area contributed by atoms with Gasteiger partial charge in [0.1, 0.15) is 0 Å². The molecule has 0 atom stereocenters. The van der Waals surface area contributed by atoms with E-state index in [4.69, 9.17) is 11.6 Å². The van der Waals surface area contributed by atoms with Gasteiger partial charge in [-0.05, 0) is 23.8 Å². The summed E-state index contributed by atoms with van der Waals surface area (Å²) in [6, 6.07) is 15.9. The summed E-state index contributed by atoms with van der Waals surface area (Å²) in [6.07, 6.45) is 2.32. The number of halogens is 1. The van der Waals surface area contributed by atoms with Gasteiger partial charge in [-0.3, -0.25) is 9.89 Å². The number of nitrogens with one attached hydrogen (secondary N) is 1. The molecule has 0 spiro atoms. The van der Waals surface area contributed by atoms with Crippen molar-refractivity contribution < 1.29 is 4.79 Å². The van der Waals surface area contributed by atoms with Gasteiger partial charge in [0.2, 0.25) is 0 Å². The van der Waals surface area contributed by atoms with E-state index in [2.05, 4.69) is 22.3 Å². The maximum Gasteiger partial charge on any atom is 0.153 e. The van der Waals surface area contributed by atoms with Gasteiger partial charge in [0, 0.05) is 21.2 Å². The van der Waals surface area contributed by atoms with Crippen molar-refractivity contribution in [1.82, 2.24) is 10.2 Å². The molecule has 0 radical (unpaired) electrons. The average Bonchev–Trinajstić information content (AvgIpc) is 3.03. The molecule has 0 aliphatic rings. The smallest absolute Gasteiger partial charge is 0.153 e. The predicted octanol–water partition coefficient (Wildman–Crippen LogP) is 4.83. The molecule has 0 fully saturated rings. The van der Waals surface area contributed by atoms with Crippen LogP contribution < -0.4 is 0 Å². The van der Waals surface area contributed by atoms with Crippen molar-refractivity contribution in [3.63, 3.8) is 0 Å². The first-order chi connectivity index (χ1) is 10.8. The van der Waals surface area contributed by atoms with Crippen molar-refractivity contribution in [3.05, 3.63) is 70.9 Å². The minimum atomic E-state index is 0.531. The van der Waals surface area contributed by atoms with Crippen LogP contribution in [0.15, 0.2) is 59.6 Å². The van der Waals surface area contributed by atoms with Gasteiger partial charge in [0.05, 0.1) is 17.5 Å². The number of aldehydes is 1. The normalized spacial score (nSPS) is 10.6. The molecule has 0 saturated carbocycles. The monoisotopic (exact) mass is 328 g/mol. The minimum Gasteiger partial charge on any atom is -0.298 e. The summed E-state index contributed by atoms with van der Waals surface area (Å²) < 4.78 is 0. The number of carbonyl (C=O) groups is 1. The Hall–Kier alpha value is -2.04. The molecular formula is C17H13ClN2OS. The molecule has 2 aromatic carbocycles. The summed E-state index contributed by atoms with van der Waals surface area (Å²) in [5.74, 6) is 0.847. The highest BCUT2D eigenvalue weighted by molar-refractivity contribution is 7.98. The number of rotatable bonds is 5. The van der Waals surface area contributed by atoms with Crippen molar-refractivity contribution in [2.75, 3.05) is 0 Å². The van der Waals surface area contributed by atoms with Crippen LogP contribution in [0.25, 0.3) is 11.3 Å². The zero-order valence-corrected chi connectivity index (χ0v) is 13.2. The first-order valence-corrected chi connectivity index (χ1v) is 8.09. The molecule has 0 bridgehead atoms. The van der Waals surface area contributed by atoms with Crippen LogP contribution in [-0.4, -0.2) is 16.5 Å². The first kappa shape index (κ1) is 14.9. The Kier molecular flexibility index (Phi) is 4.61. The second-order valence-corrected chi connectivity index (χ2v) is 6.19. The van der Waals surface area contributed by atoms with E-state index < -0.39 is 0 Å². The molecule has 3 nitrogen and oxygen atoms in total. The molecule has 110 valence electrons. The average molecular weight is 329 g/mol. The molecule has 0 amide bonds. The zero-order chi connectivity index (χ0) is 15.4. The second kappa shape index (κ2) is 6.81. The van der Waals surface area contributed by atoms with Crippen LogP contribution in [0.2, 0.25) is 5.02 Å². The van der Waals surface area contributed by atoms with Crippen LogP contribution in [0.1, 0.15) is 15.9 Å². The molecule has 22 heavy (non-hydrogen) atoms. The number of hydrogen-bond acceptors (Lipinski definition) is 3. The number of aromatic nitrogens is 2. The summed E-state index contributed by atoms with van der Waals surface area (Å²) >= 11 is 7.82. The van der Waals surface area contributed by atoms with Crippen LogP contribution in [0, 0.1) is 0 Å². The fourth-order valence-electron chi connectivity index (χ4n) is 2.16. The Labute approximate surface area is 137 Å². The third kappa shape index (κ3) is 3.24. The lowest BCUT2D eigenvalue weighted by molar-refractivity contribution is 0.112. The molecule has 0 unspecified atom stereocenters. The van der Waals surface area contributed by atoms with Crippen molar-refractivity contribution in [2.24, 2.45) is 0 Å². The lowest BCUT2D eigenvalue weighted by Crippen LogP contribution is -1.89. The maximum absolute atomic E-state index is 11.1. The number of nitrogens with zero attached hydrogens (tertiary/aromatic N) is 1. The van der Waals surface area contributed by atoms with Crippen LogP contribution >= 0.6 is 23.4 Å². The summed E-state index contributed by atoms with van der Waals surface area (Å²) in [7, 11) is 0. The largest absolute Gasteiger partial charge is 0.298 e. The molecule has 1 N–H and O–H groups in total. The summed E-state index contributed by atoms with van der Waals surface area (Å²) in [6.45, 7) is 0. The summed E-state index contributed by atoms with van der Waals surface area (Å²) in [4.78, 5) is 12.2. The number of hydrogen-bond donors (Lipinski definition) is 1. The lowest BCUT2D eigenvalue weighted by Gasteiger charge is -2.09. The van der Waals surface area contributed by atoms with Gasteiger partial charge in [-0.1, -0.05) is 41.9 Å². The van der Waals surface area contributed by atoms with Crippen molar-refractivity contribution in [2.45, 2.75) is 10.6 Å². The van der Waals surface area contributed by atoms with Gasteiger partial charge in [-0.2, -0.15) is 5.10 Å². The molecule has 3 rings (SSSR count). The van der Waals surface area contributed by atoms with Crippen molar-refractivity contribution in [3.8, 4) is 11.3 Å². The second-order valence-electron chi connectivity index (χ2n) is 4.73. The van der Waals surface area contributed by atoms with E-state index in [0.29, 0.717) is 16.3 Å². The minimum absolute atomic E-state index is 0.531. The number of carbonyl (C=O) groups excluding carboxylic acids is 1. The van der Waals surface area contributed by atoms with Crippen molar-refractivity contribution in [1.29, 1.82) is 0 Å². The third-order valence-corrected chi connectivity index (χ3v) is 4.62. The fraction of sp³-hybridized carbons (Fsp3) is 0.0588. The molecule has 1 heterocycles. The maximum atomic E-state index is 11.1. The quantitative estimate of drug-likeness (QED) is 0.538. The summed E-state index contributed by atoms with van der Waals surface area (Å²) in [5, 5.41) is 7.47. The first-order valence-electron chi connectivity index (χ1n) is 6.73. The third-order valence-electron chi connectivity index (χ3n) is 3.24. The molecule has 5 heteroatoms. The highest BCUT2D eigenvalue weighted by Gasteiger charge is 2.13. The lowest BCUT2D eigenvalue weighted by atomic mass is 10.1. The number of aromatic amines is 1. The van der Waals surface area contributed by atoms with Gasteiger partial charge in [0.25, 0.3) is 0 Å². The van der Waals surface area contributed by atoms with Gasteiger partial charge < -0.3 is 0 Å². The summed E-state index contributed by atoms with van der Waals surface area (Å²) in [5.41, 5.74) is 3.37. The van der Waals surface area contributed by atoms with Gasteiger partial charge >= 0.3 is 0 Å². The Morgan fingerprint density at radius 3 is 2.77 bits per heavy atom. The zero-order valence-electron chi connectivity index (χ0n) is 11.6. The SMILES string of the molecule is O=Cc1cn[nH]c1-c1cc(Cl)ccc1SCc1ccccc1. The van der Waals surface area contributed by atoms with Gasteiger partial charge in [-0.15, -0.1) is 11.8 Å². The Balaban J connectivity index is 1.93. The highest BCUT2D eigenvalue weighted by Crippen LogP contribution is 2.35. The molecule has 3 aromatic rings. The van der Waals surface area contributed by atoms with Crippen LogP contribution in [0.4, 0.5) is 0 Å². The van der Waals surface area contributed by atoms with E-state index >= 15 is 0 Å². The Morgan fingerprint density at radius 1 is 1.18 bits per heavy atom. The molecule has 0 saturated heterocycles. The van der Waals surface area contributed by atoms with E-state index in [0.717, 1.165) is 22.5 Å². The topological polar surface area (TPSA) is 45.8 Å². The molecule has 0 aliphatic heterocycles. The van der Waals surface area contributed by atoms with Crippen LogP contribution in [0.3, 0.4) is 0 Å². The molecule has 0 aliphatic carbocycles. The van der Waals surface area contributed by atoms with E-state index in [9.17, 15) is 4.79 Å². The van der Waals surface area contributed by atoms with Gasteiger partial charge in [-0.25, -0.2) is 0 Å². The Morgan fingerprint density at radius 2 is 2.00 bits per heavy atom. The number of H-pyrrole nitrogens is 1. The van der Waals surface area contributed by atoms with E-state index in [1.165, 1.54) is 11.8 Å². The highest BCUT2D eigenvalue weighted by atomic mass is 35.5. The van der Waals surface area contributed by atoms with Crippen molar-refractivity contribution >= 4 is 29.6 Å². The Bertz CT molecular complexity index is 786. The number of benzene rings is 2. The number of thioether (sulfide) groups is 1. The fourth-order valence-corrected chi connectivity index (χ4v) is 3.33. The molecular weight excluding hydrogens is 316 g/mol. The van der Waals surface area contributed by atoms with Gasteiger partial charge in [0.15, 0.2) is 6.29 Å². The van der Waals surface area contributed by atoms with Crippen LogP contribution in [-0.2, 0) is 5.75 Å². The molecule has 1 aromatic heterocycles. The van der Waals surface area contributed by atoms with E-state index in [1.807, 2.05) is 36.4 Å². The van der Waals surface area contributed by atoms with Crippen LogP contribution in [0.5, 0.6) is 0 Å². The standard InChI is InChI=1S/C17H13ClN2OS/c18-14-6-7-16(22-11-12-4-2-1-3-5-12)15(8-14)17-13(10-21)9-19-20-17/h1-10H,11H2,(H,19,20).